The highest BCUT2D eigenvalue weighted by molar-refractivity contribution is 6.30. The lowest BCUT2D eigenvalue weighted by molar-refractivity contribution is -0.139. The van der Waals surface area contributed by atoms with Gasteiger partial charge in [-0.25, -0.2) is 4.79 Å². The minimum Gasteiger partial charge on any atom is -0.496 e. The summed E-state index contributed by atoms with van der Waals surface area (Å²) in [5, 5.41) is 14.6. The molecule has 178 valence electrons. The number of fused-ring (bicyclic) bond motifs is 1. The van der Waals surface area contributed by atoms with Crippen LogP contribution in [0.25, 0.3) is 22.5 Å². The minimum atomic E-state index is -1.09. The summed E-state index contributed by atoms with van der Waals surface area (Å²) in [5.41, 5.74) is 3.88. The molecule has 1 aliphatic rings. The fourth-order valence-electron chi connectivity index (χ4n) is 3.90. The Balaban J connectivity index is 1.63. The molecule has 0 amide bonds. The largest absolute Gasteiger partial charge is 0.496 e. The van der Waals surface area contributed by atoms with Gasteiger partial charge in [0.2, 0.25) is 6.79 Å². The van der Waals surface area contributed by atoms with Crippen LogP contribution in [-0.2, 0) is 11.3 Å². The molecule has 3 aromatic carbocycles. The number of hydrogen-bond donors (Lipinski definition) is 1. The van der Waals surface area contributed by atoms with E-state index in [2.05, 4.69) is 0 Å². The molecule has 1 N–H and O–H groups in total. The van der Waals surface area contributed by atoms with Gasteiger partial charge in [-0.15, -0.1) is 0 Å². The van der Waals surface area contributed by atoms with E-state index >= 15 is 0 Å². The number of carboxylic acids is 1. The van der Waals surface area contributed by atoms with Gasteiger partial charge in [0.15, 0.2) is 18.1 Å². The van der Waals surface area contributed by atoms with Gasteiger partial charge >= 0.3 is 5.97 Å². The van der Waals surface area contributed by atoms with E-state index in [9.17, 15) is 4.79 Å². The fourth-order valence-corrected chi connectivity index (χ4v) is 4.03. The first-order chi connectivity index (χ1) is 17.0. The number of aliphatic carboxylic acids is 1. The summed E-state index contributed by atoms with van der Waals surface area (Å²) in [6.45, 7) is 0.0197. The summed E-state index contributed by atoms with van der Waals surface area (Å²) in [6, 6.07) is 20.5. The van der Waals surface area contributed by atoms with Crippen molar-refractivity contribution in [2.24, 2.45) is 0 Å². The van der Waals surface area contributed by atoms with Crippen molar-refractivity contribution in [1.29, 1.82) is 0 Å². The molecule has 5 rings (SSSR count). The number of rotatable bonds is 8. The van der Waals surface area contributed by atoms with Crippen molar-refractivity contribution in [1.82, 2.24) is 9.78 Å². The number of para-hydroxylation sites is 1. The van der Waals surface area contributed by atoms with Crippen LogP contribution in [0.15, 0.2) is 66.7 Å². The fraction of sp³-hybridized carbons (Fsp3) is 0.154. The average molecular weight is 493 g/mol. The van der Waals surface area contributed by atoms with E-state index in [0.29, 0.717) is 40.1 Å². The Morgan fingerprint density at radius 3 is 2.54 bits per heavy atom. The lowest BCUT2D eigenvalue weighted by atomic mass is 10.1. The maximum Gasteiger partial charge on any atom is 0.341 e. The number of carboxylic acid groups (broad SMARTS) is 1. The lowest BCUT2D eigenvalue weighted by Gasteiger charge is -2.11. The van der Waals surface area contributed by atoms with Crippen LogP contribution in [0.4, 0.5) is 0 Å². The Morgan fingerprint density at radius 2 is 1.80 bits per heavy atom. The quantitative estimate of drug-likeness (QED) is 0.365. The van der Waals surface area contributed by atoms with Crippen LogP contribution in [0.1, 0.15) is 5.56 Å². The SMILES string of the molecule is COc1ccccc1Cn1nc(-c2cc3c(cc2OCC(=O)O)OCO3)cc1-c1ccc(Cl)cc1. The number of hydrogen-bond acceptors (Lipinski definition) is 6. The van der Waals surface area contributed by atoms with Crippen LogP contribution in [0.5, 0.6) is 23.0 Å². The van der Waals surface area contributed by atoms with Gasteiger partial charge in [-0.05, 0) is 35.9 Å². The Kier molecular flexibility index (Phi) is 6.20. The molecule has 1 aromatic heterocycles. The van der Waals surface area contributed by atoms with Gasteiger partial charge < -0.3 is 24.1 Å². The first-order valence-electron chi connectivity index (χ1n) is 10.8. The number of benzene rings is 3. The molecule has 1 aliphatic heterocycles. The Hall–Kier alpha value is -4.17. The van der Waals surface area contributed by atoms with Gasteiger partial charge in [0.1, 0.15) is 11.5 Å². The highest BCUT2D eigenvalue weighted by Crippen LogP contribution is 2.43. The van der Waals surface area contributed by atoms with Gasteiger partial charge in [-0.2, -0.15) is 5.10 Å². The Labute approximate surface area is 206 Å². The molecule has 0 radical (unpaired) electrons. The van der Waals surface area contributed by atoms with E-state index in [1.54, 1.807) is 19.2 Å². The maximum absolute atomic E-state index is 11.2. The molecular formula is C26H21ClN2O6. The highest BCUT2D eigenvalue weighted by atomic mass is 35.5. The molecule has 9 heteroatoms. The Bertz CT molecular complexity index is 1380. The van der Waals surface area contributed by atoms with Gasteiger partial charge in [-0.1, -0.05) is 41.9 Å². The molecule has 4 aromatic rings. The topological polar surface area (TPSA) is 92.0 Å². The summed E-state index contributed by atoms with van der Waals surface area (Å²) in [6.07, 6.45) is 0. The molecule has 0 unspecified atom stereocenters. The van der Waals surface area contributed by atoms with Crippen LogP contribution in [0.2, 0.25) is 5.02 Å². The van der Waals surface area contributed by atoms with E-state index in [0.717, 1.165) is 22.6 Å². The van der Waals surface area contributed by atoms with Gasteiger partial charge in [0.25, 0.3) is 0 Å². The van der Waals surface area contributed by atoms with Crippen LogP contribution in [-0.4, -0.2) is 41.4 Å². The molecular weight excluding hydrogens is 472 g/mol. The van der Waals surface area contributed by atoms with Crippen LogP contribution in [0.3, 0.4) is 0 Å². The van der Waals surface area contributed by atoms with Crippen LogP contribution < -0.4 is 18.9 Å². The number of methoxy groups -OCH3 is 1. The molecule has 0 fully saturated rings. The van der Waals surface area contributed by atoms with Crippen molar-refractivity contribution >= 4 is 17.6 Å². The molecule has 0 saturated heterocycles. The third-order valence-corrected chi connectivity index (χ3v) is 5.79. The average Bonchev–Trinajstić information content (AvgIpc) is 3.49. The van der Waals surface area contributed by atoms with Crippen molar-refractivity contribution in [2.45, 2.75) is 6.54 Å². The predicted octanol–water partition coefficient (Wildman–Crippen LogP) is 5.12. The lowest BCUT2D eigenvalue weighted by Crippen LogP contribution is -2.10. The summed E-state index contributed by atoms with van der Waals surface area (Å²) in [7, 11) is 1.63. The molecule has 2 heterocycles. The Morgan fingerprint density at radius 1 is 1.06 bits per heavy atom. The van der Waals surface area contributed by atoms with Crippen LogP contribution in [0, 0.1) is 0 Å². The first-order valence-corrected chi connectivity index (χ1v) is 11.1. The molecule has 35 heavy (non-hydrogen) atoms. The number of nitrogens with zero attached hydrogens (tertiary/aromatic N) is 2. The van der Waals surface area contributed by atoms with E-state index in [4.69, 9.17) is 40.8 Å². The van der Waals surface area contributed by atoms with Crippen LogP contribution >= 0.6 is 11.6 Å². The highest BCUT2D eigenvalue weighted by Gasteiger charge is 2.23. The molecule has 0 spiro atoms. The monoisotopic (exact) mass is 492 g/mol. The third-order valence-electron chi connectivity index (χ3n) is 5.53. The second-order valence-corrected chi connectivity index (χ2v) is 8.21. The summed E-state index contributed by atoms with van der Waals surface area (Å²) in [5.74, 6) is 1.02. The standard InChI is InChI=1S/C26H21ClN2O6/c1-32-22-5-3-2-4-17(22)13-29-21(16-6-8-18(27)9-7-16)11-20(28-29)19-10-24-25(35-15-34-24)12-23(19)33-14-26(30)31/h2-12H,13-15H2,1H3,(H,30,31). The van der Waals surface area contributed by atoms with Crippen molar-refractivity contribution in [3.63, 3.8) is 0 Å². The zero-order chi connectivity index (χ0) is 24.4. The minimum absolute atomic E-state index is 0.0788. The summed E-state index contributed by atoms with van der Waals surface area (Å²) in [4.78, 5) is 11.2. The number of carbonyl (C=O) groups is 1. The summed E-state index contributed by atoms with van der Waals surface area (Å²) < 4.78 is 24.0. The van der Waals surface area contributed by atoms with Gasteiger partial charge in [-0.3, -0.25) is 4.68 Å². The van der Waals surface area contributed by atoms with Crippen molar-refractivity contribution in [3.05, 3.63) is 77.3 Å². The molecule has 0 bridgehead atoms. The molecule has 0 saturated carbocycles. The van der Waals surface area contributed by atoms with Crippen molar-refractivity contribution in [2.75, 3.05) is 20.5 Å². The third kappa shape index (κ3) is 4.74. The predicted molar refractivity (Wildman–Crippen MR) is 129 cm³/mol. The van der Waals surface area contributed by atoms with E-state index in [-0.39, 0.29) is 6.79 Å². The van der Waals surface area contributed by atoms with E-state index in [1.165, 1.54) is 0 Å². The second-order valence-electron chi connectivity index (χ2n) is 7.78. The van der Waals surface area contributed by atoms with E-state index < -0.39 is 12.6 Å². The molecule has 0 aliphatic carbocycles. The second kappa shape index (κ2) is 9.60. The molecule has 8 nitrogen and oxygen atoms in total. The summed E-state index contributed by atoms with van der Waals surface area (Å²) >= 11 is 6.12. The molecule has 0 atom stereocenters. The van der Waals surface area contributed by atoms with Crippen molar-refractivity contribution in [3.8, 4) is 45.5 Å². The smallest absolute Gasteiger partial charge is 0.341 e. The number of halogens is 1. The normalized spacial score (nSPS) is 11.9. The zero-order valence-corrected chi connectivity index (χ0v) is 19.5. The number of ether oxygens (including phenoxy) is 4. The maximum atomic E-state index is 11.2. The number of aromatic nitrogens is 2. The van der Waals surface area contributed by atoms with Gasteiger partial charge in [0.05, 0.1) is 25.0 Å². The van der Waals surface area contributed by atoms with Crippen molar-refractivity contribution < 1.29 is 28.8 Å². The first kappa shape index (κ1) is 22.6. The zero-order valence-electron chi connectivity index (χ0n) is 18.7. The van der Waals surface area contributed by atoms with Gasteiger partial charge in [0, 0.05) is 22.2 Å². The van der Waals surface area contributed by atoms with E-state index in [1.807, 2.05) is 59.3 Å².